The summed E-state index contributed by atoms with van der Waals surface area (Å²) in [5.41, 5.74) is 5.88. The smallest absolute Gasteiger partial charge is 0.304 e. The Kier molecular flexibility index (Phi) is 6.98. The maximum Gasteiger partial charge on any atom is 0.304 e. The molecule has 1 unspecified atom stereocenters. The number of benzene rings is 3. The Balaban J connectivity index is 1.41. The zero-order chi connectivity index (χ0) is 27.9. The maximum atomic E-state index is 15.2. The number of ether oxygens (including phenoxy) is 3. The van der Waals surface area contributed by atoms with Gasteiger partial charge in [-0.3, -0.25) is 4.79 Å². The van der Waals surface area contributed by atoms with Crippen LogP contribution < -0.4 is 14.2 Å². The second-order valence-corrected chi connectivity index (χ2v) is 11.2. The quantitative estimate of drug-likeness (QED) is 0.336. The first-order valence-electron chi connectivity index (χ1n) is 13.2. The number of aliphatic carboxylic acids is 1. The molecule has 1 aliphatic carbocycles. The molecule has 0 saturated carbocycles. The average molecular weight is 530 g/mol. The zero-order valence-corrected chi connectivity index (χ0v) is 22.6. The first-order valence-corrected chi connectivity index (χ1v) is 13.2. The lowest BCUT2D eigenvalue weighted by Crippen LogP contribution is -2.19. The molecule has 5 rings (SSSR count). The van der Waals surface area contributed by atoms with Crippen LogP contribution in [0.25, 0.3) is 11.1 Å². The second kappa shape index (κ2) is 10.3. The van der Waals surface area contributed by atoms with Gasteiger partial charge in [0.15, 0.2) is 0 Å². The van der Waals surface area contributed by atoms with Crippen molar-refractivity contribution < 1.29 is 28.5 Å². The molecule has 2 atom stereocenters. The van der Waals surface area contributed by atoms with Gasteiger partial charge in [-0.15, -0.1) is 0 Å². The van der Waals surface area contributed by atoms with Crippen molar-refractivity contribution in [3.8, 4) is 34.4 Å². The predicted octanol–water partition coefficient (Wildman–Crippen LogP) is 7.06. The van der Waals surface area contributed by atoms with Crippen LogP contribution in [0.1, 0.15) is 66.5 Å². The molecule has 0 fully saturated rings. The van der Waals surface area contributed by atoms with Gasteiger partial charge in [0.25, 0.3) is 0 Å². The van der Waals surface area contributed by atoms with Crippen molar-refractivity contribution >= 4 is 5.97 Å². The van der Waals surface area contributed by atoms with Crippen LogP contribution in [-0.4, -0.2) is 24.3 Å². The van der Waals surface area contributed by atoms with Gasteiger partial charge in [0.2, 0.25) is 0 Å². The summed E-state index contributed by atoms with van der Waals surface area (Å²) in [4.78, 5) is 11.1. The molecule has 6 nitrogen and oxygen atoms in total. The van der Waals surface area contributed by atoms with Crippen LogP contribution in [0, 0.1) is 36.4 Å². The molecule has 0 radical (unpaired) electrons. The normalized spacial score (nSPS) is 17.6. The van der Waals surface area contributed by atoms with E-state index in [0.29, 0.717) is 48.9 Å². The largest absolute Gasteiger partial charge is 0.492 e. The summed E-state index contributed by atoms with van der Waals surface area (Å²) in [6, 6.07) is 15.0. The molecule has 3 aromatic carbocycles. The number of rotatable bonds is 8. The lowest BCUT2D eigenvalue weighted by Gasteiger charge is -2.20. The summed E-state index contributed by atoms with van der Waals surface area (Å²) in [6.07, 6.45) is 0.903. The Morgan fingerprint density at radius 1 is 1.15 bits per heavy atom. The van der Waals surface area contributed by atoms with Crippen LogP contribution in [0.15, 0.2) is 42.5 Å². The van der Waals surface area contributed by atoms with Crippen LogP contribution >= 0.6 is 0 Å². The van der Waals surface area contributed by atoms with Gasteiger partial charge in [-0.2, -0.15) is 5.26 Å². The Bertz CT molecular complexity index is 1470. The van der Waals surface area contributed by atoms with Crippen molar-refractivity contribution in [3.05, 3.63) is 76.1 Å². The van der Waals surface area contributed by atoms with Gasteiger partial charge < -0.3 is 19.3 Å². The molecule has 1 aliphatic heterocycles. The van der Waals surface area contributed by atoms with E-state index in [1.54, 1.807) is 6.07 Å². The van der Waals surface area contributed by atoms with Gasteiger partial charge in [0.1, 0.15) is 35.8 Å². The van der Waals surface area contributed by atoms with E-state index in [1.807, 2.05) is 58.0 Å². The lowest BCUT2D eigenvalue weighted by molar-refractivity contribution is -0.137. The van der Waals surface area contributed by atoms with Gasteiger partial charge in [0.05, 0.1) is 24.5 Å². The monoisotopic (exact) mass is 529 g/mol. The minimum absolute atomic E-state index is 0.0149. The molecule has 0 aromatic heterocycles. The Hall–Kier alpha value is -4.05. The number of carboxylic acid groups (broad SMARTS) is 1. The third kappa shape index (κ3) is 5.29. The van der Waals surface area contributed by atoms with Crippen molar-refractivity contribution in [2.75, 3.05) is 13.2 Å². The number of fused-ring (bicyclic) bond motifs is 2. The molecule has 39 heavy (non-hydrogen) atoms. The van der Waals surface area contributed by atoms with Gasteiger partial charge in [-0.1, -0.05) is 12.1 Å². The molecular weight excluding hydrogens is 497 g/mol. The maximum absolute atomic E-state index is 15.2. The van der Waals surface area contributed by atoms with Gasteiger partial charge in [0, 0.05) is 23.1 Å². The van der Waals surface area contributed by atoms with E-state index in [1.165, 1.54) is 6.07 Å². The lowest BCUT2D eigenvalue weighted by atomic mass is 9.90. The highest BCUT2D eigenvalue weighted by Gasteiger charge is 2.32. The molecule has 3 aromatic rings. The van der Waals surface area contributed by atoms with E-state index < -0.39 is 17.5 Å². The summed E-state index contributed by atoms with van der Waals surface area (Å²) in [5.74, 6) is 0.575. The molecule has 1 heterocycles. The average Bonchev–Trinajstić information content (AvgIpc) is 3.48. The van der Waals surface area contributed by atoms with E-state index in [2.05, 4.69) is 6.07 Å². The van der Waals surface area contributed by atoms with Crippen molar-refractivity contribution in [2.45, 2.75) is 59.0 Å². The highest BCUT2D eigenvalue weighted by Crippen LogP contribution is 2.45. The van der Waals surface area contributed by atoms with Crippen LogP contribution in [-0.2, 0) is 11.2 Å². The van der Waals surface area contributed by atoms with E-state index in [4.69, 9.17) is 19.3 Å². The standard InChI is InChI=1S/C32H32FNO5/c1-18-11-22(38-17-32(3,4)16-34)12-19(2)30(18)24-7-9-26(33)31-25(24)8-10-27(31)39-21-5-6-23-20(13-29(35)36)15-37-28(23)14-21/h5-7,9,11-12,14,20,27H,8,10,13,15,17H2,1-4H3,(H,35,36)/t20?,27-/m1/s1. The van der Waals surface area contributed by atoms with E-state index in [9.17, 15) is 10.1 Å². The number of halogens is 1. The predicted molar refractivity (Wildman–Crippen MR) is 145 cm³/mol. The molecule has 0 saturated heterocycles. The molecular formula is C32H32FNO5. The summed E-state index contributed by atoms with van der Waals surface area (Å²) in [5, 5.41) is 18.4. The highest BCUT2D eigenvalue weighted by molar-refractivity contribution is 5.76. The molecule has 0 bridgehead atoms. The summed E-state index contributed by atoms with van der Waals surface area (Å²) in [7, 11) is 0. The van der Waals surface area contributed by atoms with Crippen molar-refractivity contribution in [1.82, 2.24) is 0 Å². The van der Waals surface area contributed by atoms with Crippen LogP contribution in [0.5, 0.6) is 17.2 Å². The number of nitriles is 1. The number of carbonyl (C=O) groups is 1. The number of aryl methyl sites for hydroxylation is 2. The summed E-state index contributed by atoms with van der Waals surface area (Å²) < 4.78 is 33.2. The van der Waals surface area contributed by atoms with Gasteiger partial charge >= 0.3 is 5.97 Å². The zero-order valence-electron chi connectivity index (χ0n) is 22.6. The fourth-order valence-electron chi connectivity index (χ4n) is 5.63. The highest BCUT2D eigenvalue weighted by atomic mass is 19.1. The minimum Gasteiger partial charge on any atom is -0.492 e. The van der Waals surface area contributed by atoms with Gasteiger partial charge in [-0.25, -0.2) is 4.39 Å². The molecule has 1 N–H and O–H groups in total. The third-order valence-corrected chi connectivity index (χ3v) is 7.52. The number of hydrogen-bond acceptors (Lipinski definition) is 5. The second-order valence-electron chi connectivity index (χ2n) is 11.2. The molecule has 7 heteroatoms. The number of hydrogen-bond donors (Lipinski definition) is 1. The fourth-order valence-corrected chi connectivity index (χ4v) is 5.63. The Labute approximate surface area is 227 Å². The van der Waals surface area contributed by atoms with Crippen molar-refractivity contribution in [2.24, 2.45) is 5.41 Å². The van der Waals surface area contributed by atoms with Gasteiger partial charge in [-0.05, 0) is 92.6 Å². The topological polar surface area (TPSA) is 88.8 Å². The molecule has 202 valence electrons. The Morgan fingerprint density at radius 2 is 1.90 bits per heavy atom. The first kappa shape index (κ1) is 26.6. The van der Waals surface area contributed by atoms with Crippen LogP contribution in [0.2, 0.25) is 0 Å². The van der Waals surface area contributed by atoms with Crippen molar-refractivity contribution in [1.29, 1.82) is 5.26 Å². The van der Waals surface area contributed by atoms with E-state index in [-0.39, 0.29) is 18.2 Å². The third-order valence-electron chi connectivity index (χ3n) is 7.52. The molecule has 2 aliphatic rings. The minimum atomic E-state index is -0.860. The Morgan fingerprint density at radius 3 is 2.59 bits per heavy atom. The van der Waals surface area contributed by atoms with E-state index in [0.717, 1.165) is 33.4 Å². The molecule has 0 spiro atoms. The SMILES string of the molecule is Cc1cc(OCC(C)(C)C#N)cc(C)c1-c1ccc(F)c2c1CC[C@H]2Oc1ccc2c(c1)OCC2CC(=O)O. The van der Waals surface area contributed by atoms with Crippen molar-refractivity contribution in [3.63, 3.8) is 0 Å². The fraction of sp³-hybridized carbons (Fsp3) is 0.375. The molecule has 0 amide bonds. The number of nitrogens with zero attached hydrogens (tertiary/aromatic N) is 1. The first-order chi connectivity index (χ1) is 18.6. The van der Waals surface area contributed by atoms with E-state index >= 15 is 4.39 Å². The summed E-state index contributed by atoms with van der Waals surface area (Å²) in [6.45, 7) is 8.34. The number of carboxylic acids is 1. The van der Waals surface area contributed by atoms with Crippen LogP contribution in [0.4, 0.5) is 4.39 Å². The summed E-state index contributed by atoms with van der Waals surface area (Å²) >= 11 is 0. The van der Waals surface area contributed by atoms with Crippen LogP contribution in [0.3, 0.4) is 0 Å².